The fourth-order valence-electron chi connectivity index (χ4n) is 3.27. The van der Waals surface area contributed by atoms with Gasteiger partial charge in [0, 0.05) is 17.7 Å². The van der Waals surface area contributed by atoms with E-state index in [0.29, 0.717) is 5.56 Å². The SMILES string of the molecule is COc1ccc(C(=O)/C=C/c2ccc(O)cc2)cc1CN1CCCCC1. The van der Waals surface area contributed by atoms with Crippen molar-refractivity contribution in [2.24, 2.45) is 0 Å². The fraction of sp³-hybridized carbons (Fsp3) is 0.318. The van der Waals surface area contributed by atoms with Crippen LogP contribution in [0.5, 0.6) is 11.5 Å². The van der Waals surface area contributed by atoms with Crippen LogP contribution < -0.4 is 4.74 Å². The third kappa shape index (κ3) is 4.73. The van der Waals surface area contributed by atoms with E-state index >= 15 is 0 Å². The largest absolute Gasteiger partial charge is 0.508 e. The predicted octanol–water partition coefficient (Wildman–Crippen LogP) is 4.28. The Morgan fingerprint density at radius 1 is 1.12 bits per heavy atom. The van der Waals surface area contributed by atoms with Crippen molar-refractivity contribution in [1.82, 2.24) is 4.90 Å². The second-order valence-corrected chi connectivity index (χ2v) is 6.65. The van der Waals surface area contributed by atoms with Gasteiger partial charge in [-0.05, 0) is 67.9 Å². The van der Waals surface area contributed by atoms with Crippen LogP contribution in [0.25, 0.3) is 6.08 Å². The molecule has 136 valence electrons. The number of hydrogen-bond donors (Lipinski definition) is 1. The Morgan fingerprint density at radius 2 is 1.85 bits per heavy atom. The highest BCUT2D eigenvalue weighted by atomic mass is 16.5. The number of benzene rings is 2. The number of rotatable bonds is 6. The summed E-state index contributed by atoms with van der Waals surface area (Å²) in [5.41, 5.74) is 2.59. The highest BCUT2D eigenvalue weighted by Gasteiger charge is 2.14. The average molecular weight is 351 g/mol. The van der Waals surface area contributed by atoms with E-state index in [-0.39, 0.29) is 11.5 Å². The van der Waals surface area contributed by atoms with Gasteiger partial charge < -0.3 is 9.84 Å². The van der Waals surface area contributed by atoms with Gasteiger partial charge in [-0.25, -0.2) is 0 Å². The molecule has 0 spiro atoms. The molecule has 0 amide bonds. The molecule has 2 aromatic rings. The normalized spacial score (nSPS) is 15.3. The van der Waals surface area contributed by atoms with Crippen molar-refractivity contribution in [1.29, 1.82) is 0 Å². The zero-order chi connectivity index (χ0) is 18.4. The van der Waals surface area contributed by atoms with Gasteiger partial charge in [0.25, 0.3) is 0 Å². The zero-order valence-corrected chi connectivity index (χ0v) is 15.1. The molecule has 1 aliphatic heterocycles. The number of ketones is 1. The van der Waals surface area contributed by atoms with E-state index in [1.807, 2.05) is 18.2 Å². The number of carbonyl (C=O) groups is 1. The van der Waals surface area contributed by atoms with Crippen LogP contribution in [0.3, 0.4) is 0 Å². The lowest BCUT2D eigenvalue weighted by Gasteiger charge is -2.27. The van der Waals surface area contributed by atoms with Crippen LogP contribution in [0, 0.1) is 0 Å². The lowest BCUT2D eigenvalue weighted by Crippen LogP contribution is -2.29. The molecule has 0 atom stereocenters. The summed E-state index contributed by atoms with van der Waals surface area (Å²) in [7, 11) is 1.67. The Hall–Kier alpha value is -2.59. The molecular weight excluding hydrogens is 326 g/mol. The highest BCUT2D eigenvalue weighted by Crippen LogP contribution is 2.24. The predicted molar refractivity (Wildman–Crippen MR) is 104 cm³/mol. The molecule has 0 aromatic heterocycles. The number of likely N-dealkylation sites (tertiary alicyclic amines) is 1. The minimum absolute atomic E-state index is 0.0411. The maximum Gasteiger partial charge on any atom is 0.185 e. The van der Waals surface area contributed by atoms with E-state index in [0.717, 1.165) is 36.5 Å². The summed E-state index contributed by atoms with van der Waals surface area (Å²) in [4.78, 5) is 15.0. The number of carbonyl (C=O) groups excluding carboxylic acids is 1. The maximum atomic E-state index is 12.5. The first-order valence-corrected chi connectivity index (χ1v) is 9.06. The molecule has 2 aromatic carbocycles. The Balaban J connectivity index is 1.75. The number of phenolic OH excluding ortho intramolecular Hbond substituents is 1. The van der Waals surface area contributed by atoms with Crippen LogP contribution in [0.1, 0.15) is 40.7 Å². The standard InChI is InChI=1S/C22H25NO3/c1-26-22-12-8-18(15-19(22)16-23-13-3-2-4-14-23)21(25)11-7-17-5-9-20(24)10-6-17/h5-12,15,24H,2-4,13-14,16H2,1H3/b11-7+. The van der Waals surface area contributed by atoms with Crippen molar-refractivity contribution in [3.63, 3.8) is 0 Å². The van der Waals surface area contributed by atoms with E-state index < -0.39 is 0 Å². The number of hydrogen-bond acceptors (Lipinski definition) is 4. The van der Waals surface area contributed by atoms with Crippen LogP contribution in [-0.4, -0.2) is 36.0 Å². The molecule has 1 fully saturated rings. The Bertz CT molecular complexity index is 774. The third-order valence-corrected chi connectivity index (χ3v) is 4.73. The zero-order valence-electron chi connectivity index (χ0n) is 15.1. The van der Waals surface area contributed by atoms with Crippen molar-refractivity contribution in [3.8, 4) is 11.5 Å². The van der Waals surface area contributed by atoms with Crippen LogP contribution in [-0.2, 0) is 6.54 Å². The number of aromatic hydroxyl groups is 1. The third-order valence-electron chi connectivity index (χ3n) is 4.73. The highest BCUT2D eigenvalue weighted by molar-refractivity contribution is 6.07. The van der Waals surface area contributed by atoms with E-state index in [1.54, 1.807) is 43.5 Å². The van der Waals surface area contributed by atoms with Gasteiger partial charge in [-0.15, -0.1) is 0 Å². The van der Waals surface area contributed by atoms with Gasteiger partial charge in [0.15, 0.2) is 5.78 Å². The molecule has 4 nitrogen and oxygen atoms in total. The first-order valence-electron chi connectivity index (χ1n) is 9.06. The molecule has 0 saturated carbocycles. The molecule has 4 heteroatoms. The summed E-state index contributed by atoms with van der Waals surface area (Å²) < 4.78 is 5.48. The molecular formula is C22H25NO3. The molecule has 0 bridgehead atoms. The lowest BCUT2D eigenvalue weighted by molar-refractivity contribution is 0.104. The Morgan fingerprint density at radius 3 is 2.54 bits per heavy atom. The minimum Gasteiger partial charge on any atom is -0.508 e. The van der Waals surface area contributed by atoms with Crippen LogP contribution in [0.15, 0.2) is 48.5 Å². The molecule has 3 rings (SSSR count). The number of nitrogens with zero attached hydrogens (tertiary/aromatic N) is 1. The molecule has 1 N–H and O–H groups in total. The number of piperidine rings is 1. The minimum atomic E-state index is -0.0411. The van der Waals surface area contributed by atoms with Crippen molar-refractivity contribution in [2.75, 3.05) is 20.2 Å². The Labute approximate surface area is 154 Å². The Kier molecular flexibility index (Phi) is 6.08. The molecule has 1 saturated heterocycles. The van der Waals surface area contributed by atoms with Gasteiger partial charge in [0.1, 0.15) is 11.5 Å². The number of methoxy groups -OCH3 is 1. The van der Waals surface area contributed by atoms with E-state index in [4.69, 9.17) is 4.74 Å². The summed E-state index contributed by atoms with van der Waals surface area (Å²) in [5.74, 6) is 1.00. The van der Waals surface area contributed by atoms with Crippen molar-refractivity contribution < 1.29 is 14.6 Å². The smallest absolute Gasteiger partial charge is 0.185 e. The summed E-state index contributed by atoms with van der Waals surface area (Å²) in [6.45, 7) is 3.01. The second-order valence-electron chi connectivity index (χ2n) is 6.65. The molecule has 1 heterocycles. The maximum absolute atomic E-state index is 12.5. The first kappa shape index (κ1) is 18.2. The van der Waals surface area contributed by atoms with Gasteiger partial charge in [0.2, 0.25) is 0 Å². The molecule has 0 aliphatic carbocycles. The molecule has 26 heavy (non-hydrogen) atoms. The van der Waals surface area contributed by atoms with E-state index in [9.17, 15) is 9.90 Å². The average Bonchev–Trinajstić information content (AvgIpc) is 2.68. The number of ether oxygens (including phenoxy) is 1. The van der Waals surface area contributed by atoms with E-state index in [2.05, 4.69) is 4.90 Å². The van der Waals surface area contributed by atoms with Crippen LogP contribution in [0.2, 0.25) is 0 Å². The summed E-state index contributed by atoms with van der Waals surface area (Å²) in [6, 6.07) is 12.4. The summed E-state index contributed by atoms with van der Waals surface area (Å²) in [6.07, 6.45) is 7.09. The van der Waals surface area contributed by atoms with Crippen molar-refractivity contribution >= 4 is 11.9 Å². The molecule has 1 aliphatic rings. The molecule has 0 unspecified atom stereocenters. The van der Waals surface area contributed by atoms with Crippen molar-refractivity contribution in [2.45, 2.75) is 25.8 Å². The van der Waals surface area contributed by atoms with E-state index in [1.165, 1.54) is 19.3 Å². The number of allylic oxidation sites excluding steroid dienone is 1. The summed E-state index contributed by atoms with van der Waals surface area (Å²) >= 11 is 0. The molecule has 0 radical (unpaired) electrons. The van der Waals surface area contributed by atoms with Crippen LogP contribution >= 0.6 is 0 Å². The quantitative estimate of drug-likeness (QED) is 0.623. The fourth-order valence-corrected chi connectivity index (χ4v) is 3.27. The monoisotopic (exact) mass is 351 g/mol. The van der Waals surface area contributed by atoms with Gasteiger partial charge in [0.05, 0.1) is 7.11 Å². The topological polar surface area (TPSA) is 49.8 Å². The van der Waals surface area contributed by atoms with Gasteiger partial charge in [-0.1, -0.05) is 24.6 Å². The van der Waals surface area contributed by atoms with Crippen LogP contribution in [0.4, 0.5) is 0 Å². The van der Waals surface area contributed by atoms with Crippen molar-refractivity contribution in [3.05, 3.63) is 65.2 Å². The first-order chi connectivity index (χ1) is 12.7. The number of phenols is 1. The van der Waals surface area contributed by atoms with Gasteiger partial charge >= 0.3 is 0 Å². The second kappa shape index (κ2) is 8.68. The van der Waals surface area contributed by atoms with Gasteiger partial charge in [-0.3, -0.25) is 9.69 Å². The lowest BCUT2D eigenvalue weighted by atomic mass is 10.0. The van der Waals surface area contributed by atoms with Gasteiger partial charge in [-0.2, -0.15) is 0 Å². The summed E-state index contributed by atoms with van der Waals surface area (Å²) in [5, 5.41) is 9.32.